The lowest BCUT2D eigenvalue weighted by Gasteiger charge is -2.28. The van der Waals surface area contributed by atoms with Crippen LogP contribution in [-0.4, -0.2) is 23.4 Å². The van der Waals surface area contributed by atoms with Crippen LogP contribution in [0.4, 0.5) is 13.2 Å². The van der Waals surface area contributed by atoms with Crippen molar-refractivity contribution >= 4 is 12.0 Å². The molecule has 0 saturated heterocycles. The van der Waals surface area contributed by atoms with Gasteiger partial charge in [0.25, 0.3) is 0 Å². The number of aryl methyl sites for hydroxylation is 1. The summed E-state index contributed by atoms with van der Waals surface area (Å²) in [7, 11) is 0. The lowest BCUT2D eigenvalue weighted by atomic mass is 9.99. The highest BCUT2D eigenvalue weighted by Gasteiger charge is 2.48. The molecule has 0 bridgehead atoms. The van der Waals surface area contributed by atoms with Crippen molar-refractivity contribution in [3.63, 3.8) is 0 Å². The van der Waals surface area contributed by atoms with Crippen molar-refractivity contribution in [2.75, 3.05) is 0 Å². The van der Waals surface area contributed by atoms with E-state index in [4.69, 9.17) is 14.6 Å². The highest BCUT2D eigenvalue weighted by Crippen LogP contribution is 2.42. The Balaban J connectivity index is 1.93. The van der Waals surface area contributed by atoms with Gasteiger partial charge in [0, 0.05) is 11.1 Å². The summed E-state index contributed by atoms with van der Waals surface area (Å²) < 4.78 is 50.7. The predicted octanol–water partition coefficient (Wildman–Crippen LogP) is 5.53. The highest BCUT2D eigenvalue weighted by molar-refractivity contribution is 5.95. The van der Waals surface area contributed by atoms with E-state index < -0.39 is 23.8 Å². The first-order chi connectivity index (χ1) is 13.2. The van der Waals surface area contributed by atoms with Crippen LogP contribution in [0.25, 0.3) is 6.08 Å². The lowest BCUT2D eigenvalue weighted by Crippen LogP contribution is -2.40. The maximum Gasteiger partial charge on any atom is 0.430 e. The fourth-order valence-corrected chi connectivity index (χ4v) is 3.06. The molecule has 2 aromatic carbocycles. The SMILES string of the molecule is CCCc1ccc(Oc2ccc3c(c2C)OC(C(F)(F)F)C(C(=O)O)=C3)cc1. The summed E-state index contributed by atoms with van der Waals surface area (Å²) >= 11 is 0. The van der Waals surface area contributed by atoms with Gasteiger partial charge < -0.3 is 14.6 Å². The molecule has 0 amide bonds. The molecule has 1 aliphatic heterocycles. The zero-order chi connectivity index (χ0) is 20.5. The van der Waals surface area contributed by atoms with Crippen molar-refractivity contribution in [2.45, 2.75) is 39.0 Å². The normalized spacial score (nSPS) is 16.0. The van der Waals surface area contributed by atoms with Crippen LogP contribution in [0.1, 0.15) is 30.0 Å². The van der Waals surface area contributed by atoms with E-state index in [1.807, 2.05) is 12.1 Å². The second kappa shape index (κ2) is 7.58. The molecule has 0 saturated carbocycles. The number of fused-ring (bicyclic) bond motifs is 1. The van der Waals surface area contributed by atoms with Crippen molar-refractivity contribution < 1.29 is 32.5 Å². The smallest absolute Gasteiger partial charge is 0.430 e. The number of carbonyl (C=O) groups is 1. The van der Waals surface area contributed by atoms with E-state index in [2.05, 4.69) is 6.92 Å². The quantitative estimate of drug-likeness (QED) is 0.727. The van der Waals surface area contributed by atoms with Crippen molar-refractivity contribution in [1.82, 2.24) is 0 Å². The number of ether oxygens (including phenoxy) is 2. The van der Waals surface area contributed by atoms with Gasteiger partial charge in [-0.15, -0.1) is 0 Å². The molecule has 1 N–H and O–H groups in total. The summed E-state index contributed by atoms with van der Waals surface area (Å²) in [5.41, 5.74) is 0.949. The monoisotopic (exact) mass is 392 g/mol. The Bertz CT molecular complexity index is 914. The molecule has 1 atom stereocenters. The van der Waals surface area contributed by atoms with Crippen molar-refractivity contribution in [3.8, 4) is 17.2 Å². The predicted molar refractivity (Wildman–Crippen MR) is 97.8 cm³/mol. The Morgan fingerprint density at radius 3 is 2.43 bits per heavy atom. The summed E-state index contributed by atoms with van der Waals surface area (Å²) in [4.78, 5) is 11.2. The number of rotatable bonds is 5. The van der Waals surface area contributed by atoms with E-state index in [0.717, 1.165) is 18.9 Å². The third-order valence-electron chi connectivity index (χ3n) is 4.45. The second-order valence-corrected chi connectivity index (χ2v) is 6.55. The topological polar surface area (TPSA) is 55.8 Å². The van der Waals surface area contributed by atoms with E-state index in [-0.39, 0.29) is 11.3 Å². The molecule has 1 aliphatic rings. The number of benzene rings is 2. The Morgan fingerprint density at radius 1 is 1.18 bits per heavy atom. The van der Waals surface area contributed by atoms with E-state index in [9.17, 15) is 18.0 Å². The van der Waals surface area contributed by atoms with Crippen LogP contribution in [0.2, 0.25) is 0 Å². The van der Waals surface area contributed by atoms with Crippen LogP contribution in [-0.2, 0) is 11.2 Å². The van der Waals surface area contributed by atoms with Crippen LogP contribution in [0.5, 0.6) is 17.2 Å². The maximum absolute atomic E-state index is 13.3. The minimum Gasteiger partial charge on any atom is -0.478 e. The van der Waals surface area contributed by atoms with E-state index in [0.29, 0.717) is 17.1 Å². The molecular weight excluding hydrogens is 373 g/mol. The van der Waals surface area contributed by atoms with E-state index in [1.165, 1.54) is 11.6 Å². The number of carboxylic acid groups (broad SMARTS) is 1. The molecule has 0 fully saturated rings. The van der Waals surface area contributed by atoms with Gasteiger partial charge in [0.2, 0.25) is 6.10 Å². The van der Waals surface area contributed by atoms with Gasteiger partial charge in [-0.1, -0.05) is 25.5 Å². The van der Waals surface area contributed by atoms with Gasteiger partial charge in [-0.2, -0.15) is 13.2 Å². The van der Waals surface area contributed by atoms with Gasteiger partial charge >= 0.3 is 12.1 Å². The van der Waals surface area contributed by atoms with Crippen LogP contribution < -0.4 is 9.47 Å². The van der Waals surface area contributed by atoms with Crippen molar-refractivity contribution in [2.24, 2.45) is 0 Å². The van der Waals surface area contributed by atoms with Gasteiger partial charge in [0.15, 0.2) is 0 Å². The maximum atomic E-state index is 13.3. The third-order valence-corrected chi connectivity index (χ3v) is 4.45. The van der Waals surface area contributed by atoms with Crippen LogP contribution in [0, 0.1) is 6.92 Å². The molecule has 28 heavy (non-hydrogen) atoms. The minimum atomic E-state index is -4.85. The first kappa shape index (κ1) is 19.8. The Hall–Kier alpha value is -2.96. The standard InChI is InChI=1S/C21H19F3O4/c1-3-4-13-5-8-15(9-6-13)27-17-10-7-14-11-16(20(25)26)19(21(22,23)24)28-18(14)12(17)2/h5-11,19H,3-4H2,1-2H3,(H,25,26). The number of carboxylic acids is 1. The molecule has 4 nitrogen and oxygen atoms in total. The molecule has 7 heteroatoms. The zero-order valence-corrected chi connectivity index (χ0v) is 15.3. The number of alkyl halides is 3. The lowest BCUT2D eigenvalue weighted by molar-refractivity contribution is -0.187. The molecule has 0 spiro atoms. The first-order valence-electron chi connectivity index (χ1n) is 8.79. The molecule has 0 radical (unpaired) electrons. The largest absolute Gasteiger partial charge is 0.478 e. The number of hydrogen-bond donors (Lipinski definition) is 1. The molecule has 148 valence electrons. The Kier molecular flexibility index (Phi) is 5.36. The van der Waals surface area contributed by atoms with Crippen molar-refractivity contribution in [3.05, 3.63) is 58.7 Å². The zero-order valence-electron chi connectivity index (χ0n) is 15.3. The number of aliphatic carboxylic acids is 1. The fourth-order valence-electron chi connectivity index (χ4n) is 3.06. The highest BCUT2D eigenvalue weighted by atomic mass is 19.4. The van der Waals surface area contributed by atoms with Crippen LogP contribution in [0.3, 0.4) is 0 Å². The van der Waals surface area contributed by atoms with Crippen molar-refractivity contribution in [1.29, 1.82) is 0 Å². The third kappa shape index (κ3) is 3.98. The van der Waals surface area contributed by atoms with Crippen LogP contribution >= 0.6 is 0 Å². The summed E-state index contributed by atoms with van der Waals surface area (Å²) in [6, 6.07) is 10.5. The van der Waals surface area contributed by atoms with E-state index >= 15 is 0 Å². The van der Waals surface area contributed by atoms with Crippen LogP contribution in [0.15, 0.2) is 42.0 Å². The van der Waals surface area contributed by atoms with Gasteiger partial charge in [-0.3, -0.25) is 0 Å². The van der Waals surface area contributed by atoms with Gasteiger partial charge in [-0.25, -0.2) is 4.79 Å². The molecule has 3 rings (SSSR count). The number of halogens is 3. The Morgan fingerprint density at radius 2 is 1.86 bits per heavy atom. The first-order valence-corrected chi connectivity index (χ1v) is 8.79. The second-order valence-electron chi connectivity index (χ2n) is 6.55. The molecular formula is C21H19F3O4. The minimum absolute atomic E-state index is 0.0348. The summed E-state index contributed by atoms with van der Waals surface area (Å²) in [6.45, 7) is 3.66. The molecule has 0 aliphatic carbocycles. The summed E-state index contributed by atoms with van der Waals surface area (Å²) in [6.07, 6.45) is -4.41. The number of hydrogen-bond acceptors (Lipinski definition) is 3. The van der Waals surface area contributed by atoms with E-state index in [1.54, 1.807) is 25.1 Å². The molecule has 2 aromatic rings. The fraction of sp³-hybridized carbons (Fsp3) is 0.286. The average Bonchev–Trinajstić information content (AvgIpc) is 2.64. The molecule has 0 aromatic heterocycles. The van der Waals surface area contributed by atoms with Gasteiger partial charge in [-0.05, 0) is 49.2 Å². The molecule has 1 unspecified atom stereocenters. The summed E-state index contributed by atoms with van der Waals surface area (Å²) in [5, 5.41) is 9.10. The molecule has 1 heterocycles. The summed E-state index contributed by atoms with van der Waals surface area (Å²) in [5.74, 6) is -0.812. The van der Waals surface area contributed by atoms with Gasteiger partial charge in [0.1, 0.15) is 17.2 Å². The average molecular weight is 392 g/mol. The van der Waals surface area contributed by atoms with Gasteiger partial charge in [0.05, 0.1) is 5.57 Å². The Labute approximate surface area is 160 Å².